The zero-order valence-electron chi connectivity index (χ0n) is 19.8. The maximum Gasteiger partial charge on any atom is 0.305 e. The SMILES string of the molecule is COC(=O)CCCCC/C=C1\C(=O)C(S(C)=O)=CC1(O)CCCc1ccc(OC)c(OC)c1. The molecule has 2 unspecified atom stereocenters. The summed E-state index contributed by atoms with van der Waals surface area (Å²) < 4.78 is 27.3. The van der Waals surface area contributed by atoms with E-state index in [1.165, 1.54) is 19.4 Å². The highest BCUT2D eigenvalue weighted by Gasteiger charge is 2.42. The Morgan fingerprint density at radius 3 is 2.45 bits per heavy atom. The van der Waals surface area contributed by atoms with E-state index < -0.39 is 16.4 Å². The Balaban J connectivity index is 2.03. The fourth-order valence-corrected chi connectivity index (χ4v) is 4.65. The van der Waals surface area contributed by atoms with Crippen LogP contribution in [-0.4, -0.2) is 54.3 Å². The first-order valence-electron chi connectivity index (χ1n) is 11.1. The summed E-state index contributed by atoms with van der Waals surface area (Å²) in [6.07, 6.45) is 9.56. The summed E-state index contributed by atoms with van der Waals surface area (Å²) in [6.45, 7) is 0. The lowest BCUT2D eigenvalue weighted by Crippen LogP contribution is -2.28. The molecule has 7 nitrogen and oxygen atoms in total. The maximum absolute atomic E-state index is 12.8. The second kappa shape index (κ2) is 12.7. The predicted molar refractivity (Wildman–Crippen MR) is 128 cm³/mol. The normalized spacial score (nSPS) is 20.0. The van der Waals surface area contributed by atoms with Gasteiger partial charge in [-0.15, -0.1) is 0 Å². The summed E-state index contributed by atoms with van der Waals surface area (Å²) in [6, 6.07) is 5.68. The molecule has 1 aromatic rings. The van der Waals surface area contributed by atoms with E-state index in [2.05, 4.69) is 4.74 Å². The minimum atomic E-state index is -1.48. The molecule has 0 amide bonds. The van der Waals surface area contributed by atoms with Crippen molar-refractivity contribution in [3.8, 4) is 11.5 Å². The Labute approximate surface area is 198 Å². The first kappa shape index (κ1) is 26.8. The lowest BCUT2D eigenvalue weighted by molar-refractivity contribution is -0.140. The fourth-order valence-electron chi connectivity index (χ4n) is 3.92. The Bertz CT molecular complexity index is 935. The number of aliphatic hydroxyl groups is 1. The van der Waals surface area contributed by atoms with Gasteiger partial charge in [0.25, 0.3) is 0 Å². The molecule has 0 aromatic heterocycles. The van der Waals surface area contributed by atoms with E-state index >= 15 is 0 Å². The summed E-state index contributed by atoms with van der Waals surface area (Å²) in [5, 5.41) is 11.3. The molecular formula is C25H34O7S. The predicted octanol–water partition coefficient (Wildman–Crippen LogP) is 3.65. The van der Waals surface area contributed by atoms with E-state index in [-0.39, 0.29) is 16.7 Å². The molecule has 0 heterocycles. The van der Waals surface area contributed by atoms with Gasteiger partial charge >= 0.3 is 5.97 Å². The van der Waals surface area contributed by atoms with Crippen LogP contribution in [0.1, 0.15) is 50.5 Å². The number of ketones is 1. The summed E-state index contributed by atoms with van der Waals surface area (Å²) in [7, 11) is 3.06. The van der Waals surface area contributed by atoms with Crippen molar-refractivity contribution in [1.29, 1.82) is 0 Å². The van der Waals surface area contributed by atoms with E-state index in [4.69, 9.17) is 9.47 Å². The van der Waals surface area contributed by atoms with Gasteiger partial charge in [-0.3, -0.25) is 13.8 Å². The van der Waals surface area contributed by atoms with Crippen LogP contribution in [0.15, 0.2) is 40.8 Å². The van der Waals surface area contributed by atoms with Crippen molar-refractivity contribution in [2.24, 2.45) is 0 Å². The number of carbonyl (C=O) groups excluding carboxylic acids is 2. The van der Waals surface area contributed by atoms with Gasteiger partial charge in [-0.05, 0) is 62.3 Å². The Morgan fingerprint density at radius 1 is 1.09 bits per heavy atom. The van der Waals surface area contributed by atoms with Gasteiger partial charge in [0.15, 0.2) is 11.5 Å². The number of aryl methyl sites for hydroxylation is 1. The molecule has 0 saturated heterocycles. The van der Waals surface area contributed by atoms with E-state index in [1.54, 1.807) is 20.3 Å². The van der Waals surface area contributed by atoms with E-state index in [1.807, 2.05) is 18.2 Å². The number of hydrogen-bond acceptors (Lipinski definition) is 7. The number of hydrogen-bond donors (Lipinski definition) is 1. The van der Waals surface area contributed by atoms with Gasteiger partial charge < -0.3 is 19.3 Å². The van der Waals surface area contributed by atoms with Crippen molar-refractivity contribution >= 4 is 22.6 Å². The zero-order chi connectivity index (χ0) is 24.4. The molecule has 0 spiro atoms. The Morgan fingerprint density at radius 2 is 1.82 bits per heavy atom. The first-order valence-corrected chi connectivity index (χ1v) is 12.6. The van der Waals surface area contributed by atoms with Gasteiger partial charge in [0.1, 0.15) is 5.60 Å². The number of allylic oxidation sites excluding steroid dienone is 2. The second-order valence-corrected chi connectivity index (χ2v) is 9.40. The molecule has 0 radical (unpaired) electrons. The van der Waals surface area contributed by atoms with Crippen LogP contribution in [-0.2, 0) is 31.5 Å². The lowest BCUT2D eigenvalue weighted by Gasteiger charge is -2.22. The van der Waals surface area contributed by atoms with Crippen molar-refractivity contribution < 1.29 is 33.1 Å². The molecule has 0 aliphatic heterocycles. The van der Waals surface area contributed by atoms with E-state index in [0.29, 0.717) is 55.6 Å². The van der Waals surface area contributed by atoms with Crippen LogP contribution in [0.3, 0.4) is 0 Å². The molecule has 182 valence electrons. The van der Waals surface area contributed by atoms with Gasteiger partial charge in [0.05, 0.1) is 37.0 Å². The number of rotatable bonds is 13. The van der Waals surface area contributed by atoms with Gasteiger partial charge in [-0.25, -0.2) is 0 Å². The number of carbonyl (C=O) groups is 2. The molecule has 2 atom stereocenters. The van der Waals surface area contributed by atoms with E-state index in [0.717, 1.165) is 18.4 Å². The maximum atomic E-state index is 12.8. The van der Waals surface area contributed by atoms with E-state index in [9.17, 15) is 18.9 Å². The third-order valence-electron chi connectivity index (χ3n) is 5.75. The molecule has 0 bridgehead atoms. The third kappa shape index (κ3) is 7.27. The van der Waals surface area contributed by atoms with Crippen LogP contribution in [0.25, 0.3) is 0 Å². The second-order valence-electron chi connectivity index (χ2n) is 8.05. The molecule has 1 aliphatic carbocycles. The molecular weight excluding hydrogens is 444 g/mol. The molecule has 1 N–H and O–H groups in total. The standard InChI is InChI=1S/C25H34O7S/c1-30-20-14-13-18(16-21(20)31-2)10-9-15-25(28)17-22(33(4)29)24(27)19(25)11-7-5-6-8-12-23(26)32-3/h11,13-14,16-17,28H,5-10,12,15H2,1-4H3/b19-11+. The van der Waals surface area contributed by atoms with Gasteiger partial charge in [0.2, 0.25) is 5.78 Å². The van der Waals surface area contributed by atoms with Crippen LogP contribution < -0.4 is 9.47 Å². The van der Waals surface area contributed by atoms with Crippen LogP contribution in [0, 0.1) is 0 Å². The molecule has 33 heavy (non-hydrogen) atoms. The van der Waals surface area contributed by atoms with Crippen LogP contribution in [0.4, 0.5) is 0 Å². The number of Topliss-reactive ketones (excluding diaryl/α,β-unsaturated/α-hetero) is 1. The lowest BCUT2D eigenvalue weighted by atomic mass is 9.89. The number of methoxy groups -OCH3 is 3. The molecule has 1 aromatic carbocycles. The van der Waals surface area contributed by atoms with Gasteiger partial charge in [0, 0.05) is 18.2 Å². The van der Waals surface area contributed by atoms with Crippen LogP contribution in [0.2, 0.25) is 0 Å². The molecule has 0 saturated carbocycles. The molecule has 1 aliphatic rings. The molecule has 2 rings (SSSR count). The summed E-state index contributed by atoms with van der Waals surface area (Å²) in [5.41, 5.74) is -0.103. The minimum Gasteiger partial charge on any atom is -0.493 e. The monoisotopic (exact) mass is 478 g/mol. The fraction of sp³-hybridized carbons (Fsp3) is 0.520. The van der Waals surface area contributed by atoms with Gasteiger partial charge in [-0.1, -0.05) is 18.6 Å². The number of ether oxygens (including phenoxy) is 3. The number of esters is 1. The average Bonchev–Trinajstić information content (AvgIpc) is 3.06. The van der Waals surface area contributed by atoms with Crippen molar-refractivity contribution in [1.82, 2.24) is 0 Å². The smallest absolute Gasteiger partial charge is 0.305 e. The Kier molecular flexibility index (Phi) is 10.3. The van der Waals surface area contributed by atoms with Crippen molar-refractivity contribution in [3.05, 3.63) is 46.4 Å². The number of benzene rings is 1. The Hall–Kier alpha value is -2.45. The van der Waals surface area contributed by atoms with Crippen LogP contribution in [0.5, 0.6) is 11.5 Å². The highest BCUT2D eigenvalue weighted by Crippen LogP contribution is 2.37. The highest BCUT2D eigenvalue weighted by molar-refractivity contribution is 7.89. The number of unbranched alkanes of at least 4 members (excludes halogenated alkanes) is 3. The molecule has 0 fully saturated rings. The summed E-state index contributed by atoms with van der Waals surface area (Å²) >= 11 is 0. The topological polar surface area (TPSA) is 99.1 Å². The third-order valence-corrected chi connectivity index (χ3v) is 6.67. The van der Waals surface area contributed by atoms with Crippen LogP contribution >= 0.6 is 0 Å². The zero-order valence-corrected chi connectivity index (χ0v) is 20.7. The van der Waals surface area contributed by atoms with Crippen molar-refractivity contribution in [2.75, 3.05) is 27.6 Å². The summed E-state index contributed by atoms with van der Waals surface area (Å²) in [4.78, 5) is 24.2. The summed E-state index contributed by atoms with van der Waals surface area (Å²) in [5.74, 6) is 0.707. The quantitative estimate of drug-likeness (QED) is 0.262. The molecule has 8 heteroatoms. The first-order chi connectivity index (χ1) is 15.8. The van der Waals surface area contributed by atoms with Crippen molar-refractivity contribution in [3.63, 3.8) is 0 Å². The highest BCUT2D eigenvalue weighted by atomic mass is 32.2. The van der Waals surface area contributed by atoms with Crippen molar-refractivity contribution in [2.45, 2.75) is 57.0 Å². The average molecular weight is 479 g/mol. The van der Waals surface area contributed by atoms with Gasteiger partial charge in [-0.2, -0.15) is 0 Å². The largest absolute Gasteiger partial charge is 0.493 e. The minimum absolute atomic E-state index is 0.153.